The van der Waals surface area contributed by atoms with Crippen molar-refractivity contribution < 1.29 is 14.7 Å². The second-order valence-electron chi connectivity index (χ2n) is 5.97. The molecule has 2 aromatic carbocycles. The molecule has 0 aromatic heterocycles. The molecule has 0 spiro atoms. The first-order chi connectivity index (χ1) is 12.1. The Morgan fingerprint density at radius 2 is 1.36 bits per heavy atom. The molecule has 1 aliphatic heterocycles. The number of hydrogen-bond donors (Lipinski definition) is 1. The average molecular weight is 336 g/mol. The molecule has 2 aromatic rings. The van der Waals surface area contributed by atoms with Gasteiger partial charge in [-0.2, -0.15) is 0 Å². The van der Waals surface area contributed by atoms with Gasteiger partial charge in [0, 0.05) is 0 Å². The first kappa shape index (κ1) is 16.9. The van der Waals surface area contributed by atoms with E-state index in [9.17, 15) is 9.59 Å². The maximum absolute atomic E-state index is 13.0. The predicted octanol–water partition coefficient (Wildman–Crippen LogP) is 2.93. The highest BCUT2D eigenvalue weighted by molar-refractivity contribution is 6.23. The van der Waals surface area contributed by atoms with Crippen LogP contribution in [-0.2, 0) is 9.59 Å². The highest BCUT2D eigenvalue weighted by Crippen LogP contribution is 2.33. The van der Waals surface area contributed by atoms with Gasteiger partial charge in [0.2, 0.25) is 0 Å². The molecular weight excluding hydrogens is 316 g/mol. The lowest BCUT2D eigenvalue weighted by Gasteiger charge is -2.27. The molecule has 1 saturated heterocycles. The maximum Gasteiger partial charge on any atom is 0.259 e. The van der Waals surface area contributed by atoms with Gasteiger partial charge in [-0.15, -0.1) is 0 Å². The van der Waals surface area contributed by atoms with E-state index in [1.165, 1.54) is 10.0 Å². The number of para-hydroxylation sites is 2. The summed E-state index contributed by atoms with van der Waals surface area (Å²) in [4.78, 5) is 25.9. The molecule has 0 bridgehead atoms. The maximum atomic E-state index is 13.0. The van der Waals surface area contributed by atoms with E-state index >= 15 is 0 Å². The van der Waals surface area contributed by atoms with Crippen LogP contribution in [-0.4, -0.2) is 23.5 Å². The molecule has 1 heterocycles. The number of anilines is 2. The Balaban J connectivity index is 2.01. The number of carbonyl (C=O) groups is 2. The lowest BCUT2D eigenvalue weighted by molar-refractivity contribution is -0.126. The fourth-order valence-electron chi connectivity index (χ4n) is 2.81. The van der Waals surface area contributed by atoms with Crippen molar-refractivity contribution >= 4 is 23.2 Å². The summed E-state index contributed by atoms with van der Waals surface area (Å²) in [6.07, 6.45) is 2.02. The largest absolute Gasteiger partial charge is 0.392 e. The lowest BCUT2D eigenvalue weighted by Crippen LogP contribution is -2.41. The van der Waals surface area contributed by atoms with Gasteiger partial charge >= 0.3 is 0 Å². The summed E-state index contributed by atoms with van der Waals surface area (Å²) in [5.74, 6) is -1.31. The summed E-state index contributed by atoms with van der Waals surface area (Å²) < 4.78 is 0. The minimum absolute atomic E-state index is 0.0834. The number of benzene rings is 2. The Bertz CT molecular complexity index is 730. The zero-order valence-corrected chi connectivity index (χ0v) is 14.0. The van der Waals surface area contributed by atoms with Gasteiger partial charge in [-0.25, -0.2) is 10.0 Å². The number of aliphatic hydroxyl groups is 1. The fraction of sp³-hybridized carbons (Fsp3) is 0.200. The highest BCUT2D eigenvalue weighted by Gasteiger charge is 2.46. The molecule has 1 N–H and O–H groups in total. The fourth-order valence-corrected chi connectivity index (χ4v) is 2.81. The van der Waals surface area contributed by atoms with Crippen molar-refractivity contribution in [1.82, 2.24) is 0 Å². The van der Waals surface area contributed by atoms with Crippen LogP contribution in [0.4, 0.5) is 11.4 Å². The molecule has 0 atom stereocenters. The number of carbonyl (C=O) groups excluding carboxylic acids is 2. The number of aliphatic hydroxyl groups excluding tert-OH is 1. The van der Waals surface area contributed by atoms with E-state index in [4.69, 9.17) is 5.11 Å². The molecule has 1 aliphatic rings. The molecule has 1 fully saturated rings. The SMILES string of the molecule is C/C(=C/CC1C(=O)N(c2ccccc2)N(c2ccccc2)C1=O)CO. The molecule has 5 heteroatoms. The van der Waals surface area contributed by atoms with Crippen LogP contribution in [0.15, 0.2) is 72.3 Å². The van der Waals surface area contributed by atoms with Crippen molar-refractivity contribution in [1.29, 1.82) is 0 Å². The molecule has 0 radical (unpaired) electrons. The van der Waals surface area contributed by atoms with Crippen molar-refractivity contribution in [3.05, 3.63) is 72.3 Å². The normalized spacial score (nSPS) is 16.0. The molecule has 0 aliphatic carbocycles. The van der Waals surface area contributed by atoms with Gasteiger partial charge in [0.15, 0.2) is 0 Å². The minimum atomic E-state index is -0.790. The van der Waals surface area contributed by atoms with Crippen LogP contribution >= 0.6 is 0 Å². The smallest absolute Gasteiger partial charge is 0.259 e. The van der Waals surface area contributed by atoms with E-state index in [1.54, 1.807) is 37.3 Å². The Morgan fingerprint density at radius 3 is 1.76 bits per heavy atom. The van der Waals surface area contributed by atoms with Crippen molar-refractivity contribution in [3.8, 4) is 0 Å². The predicted molar refractivity (Wildman–Crippen MR) is 96.8 cm³/mol. The molecular formula is C20H20N2O3. The molecule has 5 nitrogen and oxygen atoms in total. The summed E-state index contributed by atoms with van der Waals surface area (Å²) in [6.45, 7) is 1.69. The Hall–Kier alpha value is -2.92. The van der Waals surface area contributed by atoms with Crippen molar-refractivity contribution in [3.63, 3.8) is 0 Å². The number of amides is 2. The lowest BCUT2D eigenvalue weighted by atomic mass is 10.0. The number of hydrazine groups is 1. The Labute approximate surface area is 146 Å². The second-order valence-corrected chi connectivity index (χ2v) is 5.97. The summed E-state index contributed by atoms with van der Waals surface area (Å²) in [5.41, 5.74) is 2.04. The number of hydrogen-bond acceptors (Lipinski definition) is 3. The quantitative estimate of drug-likeness (QED) is 0.674. The summed E-state index contributed by atoms with van der Waals surface area (Å²) >= 11 is 0. The van der Waals surface area contributed by atoms with Gasteiger partial charge in [0.05, 0.1) is 18.0 Å². The highest BCUT2D eigenvalue weighted by atomic mass is 16.3. The van der Waals surface area contributed by atoms with Crippen LogP contribution in [0.3, 0.4) is 0 Å². The van der Waals surface area contributed by atoms with Crippen molar-refractivity contribution in [2.45, 2.75) is 13.3 Å². The number of nitrogens with zero attached hydrogens (tertiary/aromatic N) is 2. The van der Waals surface area contributed by atoms with E-state index in [2.05, 4.69) is 0 Å². The third-order valence-electron chi connectivity index (χ3n) is 4.17. The summed E-state index contributed by atoms with van der Waals surface area (Å²) in [5, 5.41) is 12.0. The molecule has 128 valence electrons. The number of rotatable bonds is 5. The van der Waals surface area contributed by atoms with E-state index < -0.39 is 5.92 Å². The van der Waals surface area contributed by atoms with Gasteiger partial charge in [0.25, 0.3) is 11.8 Å². The van der Waals surface area contributed by atoms with Gasteiger partial charge in [-0.1, -0.05) is 48.0 Å². The third kappa shape index (κ3) is 3.32. The molecule has 0 unspecified atom stereocenters. The molecule has 0 saturated carbocycles. The number of allylic oxidation sites excluding steroid dienone is 1. The third-order valence-corrected chi connectivity index (χ3v) is 4.17. The van der Waals surface area contributed by atoms with Crippen LogP contribution in [0, 0.1) is 5.92 Å². The zero-order chi connectivity index (χ0) is 17.8. The topological polar surface area (TPSA) is 60.9 Å². The first-order valence-electron chi connectivity index (χ1n) is 8.18. The minimum Gasteiger partial charge on any atom is -0.392 e. The summed E-state index contributed by atoms with van der Waals surface area (Å²) in [6, 6.07) is 18.3. The summed E-state index contributed by atoms with van der Waals surface area (Å²) in [7, 11) is 0. The molecule has 25 heavy (non-hydrogen) atoms. The monoisotopic (exact) mass is 336 g/mol. The van der Waals surface area contributed by atoms with Crippen LogP contribution in [0.5, 0.6) is 0 Å². The van der Waals surface area contributed by atoms with Crippen molar-refractivity contribution in [2.24, 2.45) is 5.92 Å². The van der Waals surface area contributed by atoms with Crippen LogP contribution in [0.25, 0.3) is 0 Å². The van der Waals surface area contributed by atoms with E-state index in [0.717, 1.165) is 5.57 Å². The van der Waals surface area contributed by atoms with Gasteiger partial charge in [0.1, 0.15) is 5.92 Å². The Morgan fingerprint density at radius 1 is 0.920 bits per heavy atom. The average Bonchev–Trinajstić information content (AvgIpc) is 2.91. The van der Waals surface area contributed by atoms with E-state index in [-0.39, 0.29) is 24.8 Å². The van der Waals surface area contributed by atoms with E-state index in [0.29, 0.717) is 11.4 Å². The van der Waals surface area contributed by atoms with Gasteiger partial charge < -0.3 is 5.11 Å². The zero-order valence-electron chi connectivity index (χ0n) is 14.0. The van der Waals surface area contributed by atoms with Crippen LogP contribution in [0.2, 0.25) is 0 Å². The van der Waals surface area contributed by atoms with E-state index in [1.807, 2.05) is 36.4 Å². The molecule has 3 rings (SSSR count). The van der Waals surface area contributed by atoms with Crippen LogP contribution in [0.1, 0.15) is 13.3 Å². The second kappa shape index (κ2) is 7.32. The first-order valence-corrected chi connectivity index (χ1v) is 8.18. The Kier molecular flexibility index (Phi) is 4.95. The van der Waals surface area contributed by atoms with Crippen molar-refractivity contribution in [2.75, 3.05) is 16.6 Å². The van der Waals surface area contributed by atoms with Gasteiger partial charge in [-0.05, 0) is 37.6 Å². The van der Waals surface area contributed by atoms with Crippen LogP contribution < -0.4 is 10.0 Å². The van der Waals surface area contributed by atoms with Gasteiger partial charge in [-0.3, -0.25) is 9.59 Å². The molecule has 2 amide bonds. The standard InChI is InChI=1S/C20H20N2O3/c1-15(14-23)12-13-18-19(24)21(16-8-4-2-5-9-16)22(20(18)25)17-10-6-3-7-11-17/h2-12,18,23H,13-14H2,1H3/b15-12-.